The predicted octanol–water partition coefficient (Wildman–Crippen LogP) is -2.98. The molecule has 3 nitrogen and oxygen atoms in total. The molecule has 66 valence electrons. The van der Waals surface area contributed by atoms with E-state index in [1.807, 2.05) is 0 Å². The second kappa shape index (κ2) is 4.28. The first-order chi connectivity index (χ1) is 4.81. The first kappa shape index (κ1) is 13.4. The van der Waals surface area contributed by atoms with Gasteiger partial charge < -0.3 is 12.9 Å². The van der Waals surface area contributed by atoms with Crippen molar-refractivity contribution in [3.63, 3.8) is 0 Å². The molecule has 0 aromatic rings. The molecular formula is C3H6BF3KNO2S. The SMILES string of the molecule is O=S1(=O)CCN1C[B-](F)(F)F.[K+]. The van der Waals surface area contributed by atoms with Gasteiger partial charge in [0.05, 0.1) is 5.75 Å². The van der Waals surface area contributed by atoms with Gasteiger partial charge in [0.2, 0.25) is 10.0 Å². The third-order valence-electron chi connectivity index (χ3n) is 1.40. The molecule has 0 unspecified atom stereocenters. The van der Waals surface area contributed by atoms with Crippen LogP contribution in [0.5, 0.6) is 0 Å². The monoisotopic (exact) mass is 227 g/mol. The summed E-state index contributed by atoms with van der Waals surface area (Å²) in [6.45, 7) is -5.01. The molecular weight excluding hydrogens is 221 g/mol. The van der Waals surface area contributed by atoms with Crippen LogP contribution in [0, 0.1) is 0 Å². The Morgan fingerprint density at radius 2 is 1.83 bits per heavy atom. The largest absolute Gasteiger partial charge is 1.00 e. The molecule has 1 aliphatic heterocycles. The fourth-order valence-electron chi connectivity index (χ4n) is 0.805. The Labute approximate surface area is 111 Å². The second-order valence-electron chi connectivity index (χ2n) is 2.38. The first-order valence-electron chi connectivity index (χ1n) is 3.00. The average molecular weight is 227 g/mol. The van der Waals surface area contributed by atoms with E-state index in [1.165, 1.54) is 0 Å². The van der Waals surface area contributed by atoms with E-state index in [1.54, 1.807) is 0 Å². The average Bonchev–Trinajstić information content (AvgIpc) is 1.79. The summed E-state index contributed by atoms with van der Waals surface area (Å²) in [5.41, 5.74) is 0. The van der Waals surface area contributed by atoms with Crippen LogP contribution in [-0.2, 0) is 10.0 Å². The smallest absolute Gasteiger partial charge is 0.448 e. The van der Waals surface area contributed by atoms with E-state index in [0.29, 0.717) is 4.31 Å². The Morgan fingerprint density at radius 3 is 1.92 bits per heavy atom. The van der Waals surface area contributed by atoms with Gasteiger partial charge in [0, 0.05) is 6.54 Å². The normalized spacial score (nSPS) is 22.6. The summed E-state index contributed by atoms with van der Waals surface area (Å²) in [7, 11) is -3.53. The topological polar surface area (TPSA) is 37.4 Å². The van der Waals surface area contributed by atoms with Crippen LogP contribution < -0.4 is 51.4 Å². The van der Waals surface area contributed by atoms with Crippen molar-refractivity contribution in [1.82, 2.24) is 4.31 Å². The number of nitrogens with zero attached hydrogens (tertiary/aromatic N) is 1. The molecule has 1 rings (SSSR count). The predicted molar refractivity (Wildman–Crippen MR) is 34.4 cm³/mol. The Morgan fingerprint density at radius 1 is 1.33 bits per heavy atom. The fraction of sp³-hybridized carbons (Fsp3) is 1.00. The van der Waals surface area contributed by atoms with Crippen molar-refractivity contribution in [3.05, 3.63) is 0 Å². The molecule has 1 heterocycles. The van der Waals surface area contributed by atoms with Crippen molar-refractivity contribution >= 4 is 17.0 Å². The summed E-state index contributed by atoms with van der Waals surface area (Å²) >= 11 is 0. The number of rotatable bonds is 2. The van der Waals surface area contributed by atoms with E-state index in [4.69, 9.17) is 0 Å². The summed E-state index contributed by atoms with van der Waals surface area (Å²) in [5, 5.41) is 0. The zero-order valence-electron chi connectivity index (χ0n) is 6.50. The quantitative estimate of drug-likeness (QED) is 0.472. The van der Waals surface area contributed by atoms with Crippen LogP contribution in [0.4, 0.5) is 12.9 Å². The standard InChI is InChI=1S/C3H6BF3NO2S.K/c5-4(6,7)3-8-1-2-11(8,9)10;/h1-3H2;/q-1;+1. The maximum absolute atomic E-state index is 11.6. The first-order valence-corrected chi connectivity index (χ1v) is 4.61. The summed E-state index contributed by atoms with van der Waals surface area (Å²) in [6.07, 6.45) is -1.29. The van der Waals surface area contributed by atoms with E-state index in [-0.39, 0.29) is 63.7 Å². The fourth-order valence-corrected chi connectivity index (χ4v) is 1.94. The molecule has 1 saturated heterocycles. The van der Waals surface area contributed by atoms with Crippen molar-refractivity contribution in [2.45, 2.75) is 0 Å². The van der Waals surface area contributed by atoms with Gasteiger partial charge in [-0.15, -0.1) is 0 Å². The maximum Gasteiger partial charge on any atom is 1.00 e. The second-order valence-corrected chi connectivity index (χ2v) is 4.47. The number of hydrogen-bond acceptors (Lipinski definition) is 2. The molecule has 0 aromatic carbocycles. The molecule has 0 bridgehead atoms. The summed E-state index contributed by atoms with van der Waals surface area (Å²) in [4.78, 5) is 0. The molecule has 0 amide bonds. The van der Waals surface area contributed by atoms with E-state index in [0.717, 1.165) is 0 Å². The molecule has 0 aromatic heterocycles. The minimum Gasteiger partial charge on any atom is -0.448 e. The number of halogens is 3. The van der Waals surface area contributed by atoms with E-state index in [2.05, 4.69) is 0 Å². The van der Waals surface area contributed by atoms with Gasteiger partial charge in [-0.05, 0) is 6.44 Å². The van der Waals surface area contributed by atoms with E-state index in [9.17, 15) is 21.4 Å². The van der Waals surface area contributed by atoms with Gasteiger partial charge in [0.25, 0.3) is 0 Å². The summed E-state index contributed by atoms with van der Waals surface area (Å²) in [6, 6.07) is 0. The molecule has 0 atom stereocenters. The molecule has 0 N–H and O–H groups in total. The molecule has 12 heavy (non-hydrogen) atoms. The van der Waals surface area contributed by atoms with Gasteiger partial charge in [-0.2, -0.15) is 0 Å². The Balaban J connectivity index is 0.00000121. The van der Waals surface area contributed by atoms with Crippen molar-refractivity contribution in [2.75, 3.05) is 18.7 Å². The van der Waals surface area contributed by atoms with Gasteiger partial charge in [0.15, 0.2) is 0 Å². The molecule has 0 saturated carbocycles. The van der Waals surface area contributed by atoms with Gasteiger partial charge in [-0.1, -0.05) is 0 Å². The van der Waals surface area contributed by atoms with Crippen LogP contribution in [0.25, 0.3) is 0 Å². The molecule has 1 fully saturated rings. The van der Waals surface area contributed by atoms with Crippen LogP contribution >= 0.6 is 0 Å². The van der Waals surface area contributed by atoms with Gasteiger partial charge in [-0.3, -0.25) is 0 Å². The Bertz CT molecular complexity index is 253. The van der Waals surface area contributed by atoms with E-state index < -0.39 is 23.4 Å². The van der Waals surface area contributed by atoms with Crippen LogP contribution in [0.3, 0.4) is 0 Å². The van der Waals surface area contributed by atoms with Gasteiger partial charge >= 0.3 is 58.4 Å². The van der Waals surface area contributed by atoms with Crippen molar-refractivity contribution in [1.29, 1.82) is 0 Å². The molecule has 0 radical (unpaired) electrons. The van der Waals surface area contributed by atoms with Crippen LogP contribution in [-0.4, -0.2) is 38.4 Å². The summed E-state index contributed by atoms with van der Waals surface area (Å²) in [5.74, 6) is -0.154. The van der Waals surface area contributed by atoms with Gasteiger partial charge in [-0.25, -0.2) is 12.7 Å². The number of hydrogen-bond donors (Lipinski definition) is 0. The Hall–Kier alpha value is 1.40. The van der Waals surface area contributed by atoms with Crippen LogP contribution in [0.2, 0.25) is 0 Å². The van der Waals surface area contributed by atoms with Crippen LogP contribution in [0.15, 0.2) is 0 Å². The minimum absolute atomic E-state index is 0. The van der Waals surface area contributed by atoms with Crippen molar-refractivity contribution in [3.8, 4) is 0 Å². The van der Waals surface area contributed by atoms with Crippen molar-refractivity contribution in [2.24, 2.45) is 0 Å². The third-order valence-corrected chi connectivity index (χ3v) is 3.22. The maximum atomic E-state index is 11.6. The zero-order valence-corrected chi connectivity index (χ0v) is 10.4. The molecule has 0 aliphatic carbocycles. The third kappa shape index (κ3) is 3.64. The van der Waals surface area contributed by atoms with Crippen LogP contribution in [0.1, 0.15) is 0 Å². The molecule has 0 spiro atoms. The summed E-state index contributed by atoms with van der Waals surface area (Å²) < 4.78 is 56.4. The minimum atomic E-state index is -5.01. The number of sulfonamides is 1. The van der Waals surface area contributed by atoms with E-state index >= 15 is 0 Å². The van der Waals surface area contributed by atoms with Gasteiger partial charge in [0.1, 0.15) is 0 Å². The molecule has 9 heteroatoms. The zero-order chi connectivity index (χ0) is 8.70. The Kier molecular flexibility index (Phi) is 4.78. The molecule has 1 aliphatic rings. The van der Waals surface area contributed by atoms with Crippen molar-refractivity contribution < 1.29 is 72.7 Å².